The largest absolute Gasteiger partial charge is 0.440 e. The molecule has 4 nitrogen and oxygen atoms in total. The Hall–Kier alpha value is -1.46. The zero-order valence-corrected chi connectivity index (χ0v) is 12.4. The van der Waals surface area contributed by atoms with Gasteiger partial charge in [0.25, 0.3) is 0 Å². The number of aromatic nitrogens is 1. The third-order valence-corrected chi connectivity index (χ3v) is 4.10. The summed E-state index contributed by atoms with van der Waals surface area (Å²) in [5.41, 5.74) is 1.73. The molecule has 0 radical (unpaired) electrons. The highest BCUT2D eigenvalue weighted by Gasteiger charge is 2.24. The molecule has 1 fully saturated rings. The fourth-order valence-corrected chi connectivity index (χ4v) is 2.81. The number of nitrogens with zero attached hydrogens (tertiary/aromatic N) is 1. The topological polar surface area (TPSA) is 58.3 Å². The van der Waals surface area contributed by atoms with Crippen molar-refractivity contribution in [3.8, 4) is 0 Å². The summed E-state index contributed by atoms with van der Waals surface area (Å²) < 4.78 is 19.7. The van der Waals surface area contributed by atoms with E-state index >= 15 is 0 Å². The lowest BCUT2D eigenvalue weighted by Gasteiger charge is -2.16. The first-order valence-electron chi connectivity index (χ1n) is 7.55. The average molecular weight is 292 g/mol. The molecule has 2 aromatic rings. The smallest absolute Gasteiger partial charge is 0.198 e. The van der Waals surface area contributed by atoms with Crippen LogP contribution in [0.4, 0.5) is 4.39 Å². The van der Waals surface area contributed by atoms with Gasteiger partial charge in [-0.2, -0.15) is 0 Å². The number of oxazole rings is 1. The van der Waals surface area contributed by atoms with Crippen molar-refractivity contribution in [3.05, 3.63) is 29.4 Å². The third kappa shape index (κ3) is 2.94. The van der Waals surface area contributed by atoms with Crippen LogP contribution in [-0.4, -0.2) is 22.2 Å². The molecule has 1 saturated carbocycles. The molecular formula is C16H21FN2O2. The van der Waals surface area contributed by atoms with Gasteiger partial charge in [-0.05, 0) is 25.3 Å². The van der Waals surface area contributed by atoms with E-state index in [1.54, 1.807) is 6.07 Å². The van der Waals surface area contributed by atoms with Gasteiger partial charge in [0, 0.05) is 30.1 Å². The van der Waals surface area contributed by atoms with E-state index in [9.17, 15) is 9.50 Å². The van der Waals surface area contributed by atoms with Crippen LogP contribution in [0.3, 0.4) is 0 Å². The SMILES string of the molecule is CC(C)c1nc2cc(CN[C@@H]3CCC[C@H]3O)c(F)cc2o1. The number of hydrogen-bond donors (Lipinski definition) is 2. The fraction of sp³-hybridized carbons (Fsp3) is 0.562. The van der Waals surface area contributed by atoms with E-state index in [2.05, 4.69) is 10.3 Å². The molecule has 0 saturated heterocycles. The predicted molar refractivity (Wildman–Crippen MR) is 78.5 cm³/mol. The second-order valence-corrected chi connectivity index (χ2v) is 6.10. The number of fused-ring (bicyclic) bond motifs is 1. The molecule has 21 heavy (non-hydrogen) atoms. The summed E-state index contributed by atoms with van der Waals surface area (Å²) in [5, 5.41) is 13.0. The van der Waals surface area contributed by atoms with Crippen LogP contribution < -0.4 is 5.32 Å². The maximum absolute atomic E-state index is 14.1. The number of rotatable bonds is 4. The second kappa shape index (κ2) is 5.73. The highest BCUT2D eigenvalue weighted by molar-refractivity contribution is 5.73. The predicted octanol–water partition coefficient (Wildman–Crippen LogP) is 3.09. The Labute approximate surface area is 123 Å². The van der Waals surface area contributed by atoms with Gasteiger partial charge in [0.1, 0.15) is 11.3 Å². The maximum Gasteiger partial charge on any atom is 0.198 e. The highest BCUT2D eigenvalue weighted by atomic mass is 19.1. The van der Waals surface area contributed by atoms with Crippen molar-refractivity contribution < 1.29 is 13.9 Å². The minimum atomic E-state index is -0.323. The summed E-state index contributed by atoms with van der Waals surface area (Å²) in [4.78, 5) is 4.40. The van der Waals surface area contributed by atoms with Gasteiger partial charge in [0.15, 0.2) is 11.5 Å². The molecular weight excluding hydrogens is 271 g/mol. The molecule has 114 valence electrons. The zero-order chi connectivity index (χ0) is 15.0. The van der Waals surface area contributed by atoms with Crippen LogP contribution in [0.1, 0.15) is 50.5 Å². The first-order valence-corrected chi connectivity index (χ1v) is 7.55. The normalized spacial score (nSPS) is 22.5. The van der Waals surface area contributed by atoms with Crippen molar-refractivity contribution >= 4 is 11.1 Å². The number of hydrogen-bond acceptors (Lipinski definition) is 4. The van der Waals surface area contributed by atoms with E-state index in [0.29, 0.717) is 29.1 Å². The van der Waals surface area contributed by atoms with Crippen LogP contribution >= 0.6 is 0 Å². The fourth-order valence-electron chi connectivity index (χ4n) is 2.81. The molecule has 0 spiro atoms. The standard InChI is InChI=1S/C16H21FN2O2/c1-9(2)16-19-13-6-10(11(17)7-15(13)21-16)8-18-12-4-3-5-14(12)20/h6-7,9,12,14,18,20H,3-5,8H2,1-2H3/t12-,14-/m1/s1. The molecule has 3 rings (SSSR count). The van der Waals surface area contributed by atoms with Crippen LogP contribution in [0, 0.1) is 5.82 Å². The first-order chi connectivity index (χ1) is 10.0. The first kappa shape index (κ1) is 14.5. The Balaban J connectivity index is 1.79. The van der Waals surface area contributed by atoms with Gasteiger partial charge >= 0.3 is 0 Å². The molecule has 0 bridgehead atoms. The van der Waals surface area contributed by atoms with E-state index in [1.165, 1.54) is 6.07 Å². The van der Waals surface area contributed by atoms with Gasteiger partial charge in [-0.1, -0.05) is 13.8 Å². The van der Waals surface area contributed by atoms with Crippen molar-refractivity contribution in [2.75, 3.05) is 0 Å². The molecule has 0 aliphatic heterocycles. The van der Waals surface area contributed by atoms with Crippen LogP contribution in [0.2, 0.25) is 0 Å². The van der Waals surface area contributed by atoms with E-state index in [4.69, 9.17) is 4.42 Å². The molecule has 1 aliphatic rings. The molecule has 0 unspecified atom stereocenters. The van der Waals surface area contributed by atoms with E-state index in [0.717, 1.165) is 19.3 Å². The number of nitrogens with one attached hydrogen (secondary N) is 1. The minimum Gasteiger partial charge on any atom is -0.440 e. The summed E-state index contributed by atoms with van der Waals surface area (Å²) in [6.45, 7) is 4.38. The monoisotopic (exact) mass is 292 g/mol. The number of benzene rings is 1. The summed E-state index contributed by atoms with van der Waals surface area (Å²) in [6, 6.07) is 3.19. The van der Waals surface area contributed by atoms with Crippen LogP contribution in [0.5, 0.6) is 0 Å². The summed E-state index contributed by atoms with van der Waals surface area (Å²) in [6.07, 6.45) is 2.45. The van der Waals surface area contributed by atoms with Crippen LogP contribution in [0.25, 0.3) is 11.1 Å². The Bertz CT molecular complexity index is 638. The summed E-state index contributed by atoms with van der Waals surface area (Å²) in [7, 11) is 0. The molecule has 0 amide bonds. The molecule has 5 heteroatoms. The van der Waals surface area contributed by atoms with E-state index in [-0.39, 0.29) is 23.9 Å². The van der Waals surface area contributed by atoms with E-state index in [1.807, 2.05) is 13.8 Å². The Kier molecular flexibility index (Phi) is 3.95. The minimum absolute atomic E-state index is 0.0589. The number of aliphatic hydroxyl groups excluding tert-OH is 1. The Morgan fingerprint density at radius 2 is 2.24 bits per heavy atom. The van der Waals surface area contributed by atoms with Crippen molar-refractivity contribution in [3.63, 3.8) is 0 Å². The van der Waals surface area contributed by atoms with Gasteiger partial charge in [-0.15, -0.1) is 0 Å². The second-order valence-electron chi connectivity index (χ2n) is 6.10. The van der Waals surface area contributed by atoms with Gasteiger partial charge in [0.2, 0.25) is 0 Å². The van der Waals surface area contributed by atoms with Gasteiger partial charge in [0.05, 0.1) is 6.10 Å². The maximum atomic E-state index is 14.1. The van der Waals surface area contributed by atoms with Crippen LogP contribution in [0.15, 0.2) is 16.5 Å². The van der Waals surface area contributed by atoms with Crippen molar-refractivity contribution in [2.45, 2.75) is 57.7 Å². The highest BCUT2D eigenvalue weighted by Crippen LogP contribution is 2.25. The van der Waals surface area contributed by atoms with Crippen LogP contribution in [-0.2, 0) is 6.54 Å². The summed E-state index contributed by atoms with van der Waals surface area (Å²) in [5.74, 6) is 0.505. The van der Waals surface area contributed by atoms with Crippen molar-refractivity contribution in [1.29, 1.82) is 0 Å². The number of aliphatic hydroxyl groups is 1. The molecule has 1 aliphatic carbocycles. The molecule has 2 N–H and O–H groups in total. The lowest BCUT2D eigenvalue weighted by Crippen LogP contribution is -2.35. The lowest BCUT2D eigenvalue weighted by molar-refractivity contribution is 0.148. The quantitative estimate of drug-likeness (QED) is 0.909. The van der Waals surface area contributed by atoms with Gasteiger partial charge < -0.3 is 14.8 Å². The van der Waals surface area contributed by atoms with E-state index < -0.39 is 0 Å². The third-order valence-electron chi connectivity index (χ3n) is 4.10. The molecule has 1 aromatic carbocycles. The molecule has 2 atom stereocenters. The summed E-state index contributed by atoms with van der Waals surface area (Å²) >= 11 is 0. The van der Waals surface area contributed by atoms with Crippen molar-refractivity contribution in [2.24, 2.45) is 0 Å². The van der Waals surface area contributed by atoms with Gasteiger partial charge in [-0.25, -0.2) is 9.37 Å². The van der Waals surface area contributed by atoms with Crippen molar-refractivity contribution in [1.82, 2.24) is 10.3 Å². The molecule has 1 aromatic heterocycles. The van der Waals surface area contributed by atoms with Gasteiger partial charge in [-0.3, -0.25) is 0 Å². The zero-order valence-electron chi connectivity index (χ0n) is 12.4. The number of halogens is 1. The average Bonchev–Trinajstić information content (AvgIpc) is 3.02. The Morgan fingerprint density at radius 3 is 2.90 bits per heavy atom. The molecule has 1 heterocycles. The Morgan fingerprint density at radius 1 is 1.43 bits per heavy atom. The lowest BCUT2D eigenvalue weighted by atomic mass is 10.1.